The number of phenols is 1. The Balaban J connectivity index is 2.16. The molecule has 0 saturated heterocycles. The van der Waals surface area contributed by atoms with Crippen molar-refractivity contribution in [1.29, 1.82) is 0 Å². The van der Waals surface area contributed by atoms with E-state index in [0.29, 0.717) is 0 Å². The molecule has 2 aromatic carbocycles. The number of aromatic hydroxyl groups is 1. The largest absolute Gasteiger partial charge is 0.506 e. The van der Waals surface area contributed by atoms with Crippen molar-refractivity contribution in [3.05, 3.63) is 54.1 Å². The van der Waals surface area contributed by atoms with Crippen LogP contribution in [-0.2, 0) is 6.18 Å². The van der Waals surface area contributed by atoms with Gasteiger partial charge >= 0.3 is 12.2 Å². The molecule has 0 radical (unpaired) electrons. The molecule has 0 aromatic heterocycles. The van der Waals surface area contributed by atoms with Crippen molar-refractivity contribution in [2.45, 2.75) is 6.18 Å². The number of benzene rings is 2. The molecule has 110 valence electrons. The van der Waals surface area contributed by atoms with Crippen molar-refractivity contribution in [2.75, 3.05) is 10.6 Å². The van der Waals surface area contributed by atoms with E-state index in [1.807, 2.05) is 0 Å². The number of carbonyl (C=O) groups is 1. The lowest BCUT2D eigenvalue weighted by Crippen LogP contribution is -2.21. The third-order valence-electron chi connectivity index (χ3n) is 2.63. The summed E-state index contributed by atoms with van der Waals surface area (Å²) in [6.07, 6.45) is -4.57. The van der Waals surface area contributed by atoms with E-state index in [1.165, 1.54) is 24.3 Å². The standard InChI is InChI=1S/C14H11F3N2O2/c15-14(16,17)9-5-1-2-6-10(9)18-13(21)19-11-7-3-4-8-12(11)20/h1-8,20H,(H2,18,19,21). The Bertz CT molecular complexity index is 657. The zero-order chi connectivity index (χ0) is 15.5. The van der Waals surface area contributed by atoms with Crippen LogP contribution < -0.4 is 10.6 Å². The molecule has 2 aromatic rings. The Kier molecular flexibility index (Phi) is 4.02. The van der Waals surface area contributed by atoms with E-state index < -0.39 is 17.8 Å². The number of phenolic OH excluding ortho intramolecular Hbond substituents is 1. The van der Waals surface area contributed by atoms with E-state index >= 15 is 0 Å². The van der Waals surface area contributed by atoms with Crippen LogP contribution in [0.4, 0.5) is 29.3 Å². The summed E-state index contributed by atoms with van der Waals surface area (Å²) in [5.74, 6) is -0.184. The molecule has 0 fully saturated rings. The molecule has 0 spiro atoms. The van der Waals surface area contributed by atoms with Gasteiger partial charge in [0.25, 0.3) is 0 Å². The van der Waals surface area contributed by atoms with Crippen LogP contribution in [0.2, 0.25) is 0 Å². The fourth-order valence-electron chi connectivity index (χ4n) is 1.69. The van der Waals surface area contributed by atoms with Crippen LogP contribution in [0.25, 0.3) is 0 Å². The number of para-hydroxylation sites is 3. The fourth-order valence-corrected chi connectivity index (χ4v) is 1.69. The molecule has 2 amide bonds. The molecule has 21 heavy (non-hydrogen) atoms. The lowest BCUT2D eigenvalue weighted by molar-refractivity contribution is -0.136. The molecular formula is C14H11F3N2O2. The van der Waals surface area contributed by atoms with Crippen LogP contribution >= 0.6 is 0 Å². The molecule has 7 heteroatoms. The van der Waals surface area contributed by atoms with Gasteiger partial charge in [0.15, 0.2) is 0 Å². The molecule has 0 aliphatic heterocycles. The summed E-state index contributed by atoms with van der Waals surface area (Å²) in [4.78, 5) is 11.7. The Morgan fingerprint density at radius 3 is 2.05 bits per heavy atom. The smallest absolute Gasteiger partial charge is 0.418 e. The molecule has 0 unspecified atom stereocenters. The summed E-state index contributed by atoms with van der Waals surface area (Å²) < 4.78 is 38.3. The first-order chi connectivity index (χ1) is 9.88. The molecule has 3 N–H and O–H groups in total. The first kappa shape index (κ1) is 14.7. The Hall–Kier alpha value is -2.70. The zero-order valence-electron chi connectivity index (χ0n) is 10.6. The van der Waals surface area contributed by atoms with Crippen molar-refractivity contribution in [3.8, 4) is 5.75 Å². The van der Waals surface area contributed by atoms with Crippen LogP contribution in [-0.4, -0.2) is 11.1 Å². The highest BCUT2D eigenvalue weighted by Crippen LogP contribution is 2.34. The predicted molar refractivity (Wildman–Crippen MR) is 72.2 cm³/mol. The second kappa shape index (κ2) is 5.74. The van der Waals surface area contributed by atoms with Crippen molar-refractivity contribution >= 4 is 17.4 Å². The minimum Gasteiger partial charge on any atom is -0.506 e. The van der Waals surface area contributed by atoms with E-state index in [1.54, 1.807) is 12.1 Å². The average Bonchev–Trinajstić information content (AvgIpc) is 2.41. The maximum atomic E-state index is 12.8. The molecule has 2 rings (SSSR count). The van der Waals surface area contributed by atoms with Gasteiger partial charge in [-0.2, -0.15) is 13.2 Å². The Morgan fingerprint density at radius 2 is 1.43 bits per heavy atom. The van der Waals surface area contributed by atoms with Gasteiger partial charge in [0.2, 0.25) is 0 Å². The van der Waals surface area contributed by atoms with Gasteiger partial charge in [-0.1, -0.05) is 24.3 Å². The van der Waals surface area contributed by atoms with Gasteiger partial charge < -0.3 is 15.7 Å². The number of rotatable bonds is 2. The summed E-state index contributed by atoms with van der Waals surface area (Å²) in [5, 5.41) is 13.9. The maximum absolute atomic E-state index is 12.8. The lowest BCUT2D eigenvalue weighted by Gasteiger charge is -2.14. The third-order valence-corrected chi connectivity index (χ3v) is 2.63. The Morgan fingerprint density at radius 1 is 0.905 bits per heavy atom. The lowest BCUT2D eigenvalue weighted by atomic mass is 10.1. The molecule has 0 aliphatic carbocycles. The number of nitrogens with one attached hydrogen (secondary N) is 2. The van der Waals surface area contributed by atoms with Gasteiger partial charge in [-0.25, -0.2) is 4.79 Å². The molecular weight excluding hydrogens is 285 g/mol. The van der Waals surface area contributed by atoms with E-state index in [4.69, 9.17) is 0 Å². The highest BCUT2D eigenvalue weighted by Gasteiger charge is 2.33. The quantitative estimate of drug-likeness (QED) is 0.732. The monoisotopic (exact) mass is 296 g/mol. The number of alkyl halides is 3. The summed E-state index contributed by atoms with van der Waals surface area (Å²) in [5.41, 5.74) is -1.21. The van der Waals surface area contributed by atoms with E-state index in [2.05, 4.69) is 10.6 Å². The molecule has 0 saturated carbocycles. The summed E-state index contributed by atoms with van der Waals surface area (Å²) >= 11 is 0. The van der Waals surface area contributed by atoms with E-state index in [9.17, 15) is 23.1 Å². The van der Waals surface area contributed by atoms with Crippen molar-refractivity contribution in [1.82, 2.24) is 0 Å². The number of urea groups is 1. The second-order valence-electron chi connectivity index (χ2n) is 4.14. The highest BCUT2D eigenvalue weighted by atomic mass is 19.4. The topological polar surface area (TPSA) is 61.4 Å². The van der Waals surface area contributed by atoms with Gasteiger partial charge in [-0.3, -0.25) is 0 Å². The second-order valence-corrected chi connectivity index (χ2v) is 4.14. The number of hydrogen-bond donors (Lipinski definition) is 3. The number of hydrogen-bond acceptors (Lipinski definition) is 2. The summed E-state index contributed by atoms with van der Waals surface area (Å²) in [6.45, 7) is 0. The number of halogens is 3. The molecule has 0 bridgehead atoms. The summed E-state index contributed by atoms with van der Waals surface area (Å²) in [6, 6.07) is 9.64. The van der Waals surface area contributed by atoms with Crippen LogP contribution in [0.5, 0.6) is 5.75 Å². The predicted octanol–water partition coefficient (Wildman–Crippen LogP) is 4.06. The van der Waals surface area contributed by atoms with Crippen LogP contribution in [0.15, 0.2) is 48.5 Å². The minimum absolute atomic E-state index is 0.0967. The van der Waals surface area contributed by atoms with E-state index in [0.717, 1.165) is 12.1 Å². The molecule has 0 atom stereocenters. The van der Waals surface area contributed by atoms with Crippen molar-refractivity contribution in [3.63, 3.8) is 0 Å². The molecule has 0 heterocycles. The van der Waals surface area contributed by atoms with Gasteiger partial charge in [0, 0.05) is 0 Å². The van der Waals surface area contributed by atoms with Crippen molar-refractivity contribution in [2.24, 2.45) is 0 Å². The van der Waals surface area contributed by atoms with Crippen LogP contribution in [0.1, 0.15) is 5.56 Å². The van der Waals surface area contributed by atoms with Gasteiger partial charge in [0.05, 0.1) is 16.9 Å². The Labute approximate surface area is 118 Å². The SMILES string of the molecule is O=C(Nc1ccccc1O)Nc1ccccc1C(F)(F)F. The third kappa shape index (κ3) is 3.65. The highest BCUT2D eigenvalue weighted by molar-refractivity contribution is 6.01. The average molecular weight is 296 g/mol. The zero-order valence-corrected chi connectivity index (χ0v) is 10.6. The molecule has 0 aliphatic rings. The van der Waals surface area contributed by atoms with Crippen LogP contribution in [0, 0.1) is 0 Å². The summed E-state index contributed by atoms with van der Waals surface area (Å²) in [7, 11) is 0. The molecule has 4 nitrogen and oxygen atoms in total. The van der Waals surface area contributed by atoms with Crippen molar-refractivity contribution < 1.29 is 23.1 Å². The first-order valence-corrected chi connectivity index (χ1v) is 5.90. The normalized spacial score (nSPS) is 11.0. The van der Waals surface area contributed by atoms with Gasteiger partial charge in [-0.15, -0.1) is 0 Å². The fraction of sp³-hybridized carbons (Fsp3) is 0.0714. The van der Waals surface area contributed by atoms with Gasteiger partial charge in [-0.05, 0) is 24.3 Å². The van der Waals surface area contributed by atoms with E-state index in [-0.39, 0.29) is 17.1 Å². The van der Waals surface area contributed by atoms with Crippen LogP contribution in [0.3, 0.4) is 0 Å². The maximum Gasteiger partial charge on any atom is 0.418 e. The minimum atomic E-state index is -4.57. The number of amides is 2. The first-order valence-electron chi connectivity index (χ1n) is 5.90. The number of carbonyl (C=O) groups excluding carboxylic acids is 1. The van der Waals surface area contributed by atoms with Gasteiger partial charge in [0.1, 0.15) is 5.75 Å². The number of anilines is 2.